The summed E-state index contributed by atoms with van der Waals surface area (Å²) in [4.78, 5) is 24.8. The molecular formula is C28H32BrClN4O. The van der Waals surface area contributed by atoms with Crippen LogP contribution in [-0.4, -0.2) is 72.9 Å². The average molecular weight is 556 g/mol. The van der Waals surface area contributed by atoms with E-state index >= 15 is 0 Å². The smallest absolute Gasteiger partial charge is 0.195 e. The first-order valence-electron chi connectivity index (χ1n) is 12.6. The fourth-order valence-electron chi connectivity index (χ4n) is 6.31. The van der Waals surface area contributed by atoms with Gasteiger partial charge in [0.1, 0.15) is 0 Å². The summed E-state index contributed by atoms with van der Waals surface area (Å²) < 4.78 is 0.997. The number of benzene rings is 2. The minimum Gasteiger partial charge on any atom is -0.370 e. The molecule has 0 atom stereocenters. The van der Waals surface area contributed by atoms with Gasteiger partial charge in [0, 0.05) is 77.4 Å². The number of anilines is 1. The highest BCUT2D eigenvalue weighted by atomic mass is 79.9. The molecule has 2 aromatic carbocycles. The largest absolute Gasteiger partial charge is 0.370 e. The lowest BCUT2D eigenvalue weighted by Gasteiger charge is -2.43. The van der Waals surface area contributed by atoms with Crippen molar-refractivity contribution in [1.29, 1.82) is 0 Å². The Balaban J connectivity index is 1.31. The van der Waals surface area contributed by atoms with Gasteiger partial charge in [-0.05, 0) is 49.7 Å². The highest BCUT2D eigenvalue weighted by Gasteiger charge is 2.40. The zero-order chi connectivity index (χ0) is 24.5. The molecular weight excluding hydrogens is 524 g/mol. The second-order valence-electron chi connectivity index (χ2n) is 10.9. The number of likely N-dealkylation sites (N-methyl/N-ethyl adjacent to an activating group) is 1. The quantitative estimate of drug-likeness (QED) is 0.442. The molecule has 1 aliphatic carbocycles. The number of ketones is 1. The van der Waals surface area contributed by atoms with Gasteiger partial charge in [-0.25, -0.2) is 0 Å². The molecule has 2 fully saturated rings. The SMILES string of the molecule is CN1CCN(C2CCN(c3cc4c(cc3Cl)C(=O)c3c([nH]c5cc(Br)ccc35)C4(C)C)CC2)CC1. The van der Waals surface area contributed by atoms with Crippen LogP contribution in [0.2, 0.25) is 5.02 Å². The fraction of sp³-hybridized carbons (Fsp3) is 0.464. The molecule has 1 N–H and O–H groups in total. The zero-order valence-electron chi connectivity index (χ0n) is 20.6. The third-order valence-corrected chi connectivity index (χ3v) is 9.27. The van der Waals surface area contributed by atoms with Crippen LogP contribution in [-0.2, 0) is 5.41 Å². The number of piperidine rings is 1. The van der Waals surface area contributed by atoms with E-state index in [1.807, 2.05) is 24.3 Å². The Labute approximate surface area is 220 Å². The summed E-state index contributed by atoms with van der Waals surface area (Å²) in [7, 11) is 2.21. The third-order valence-electron chi connectivity index (χ3n) is 8.48. The normalized spacial score (nSPS) is 21.4. The van der Waals surface area contributed by atoms with Crippen LogP contribution in [0, 0.1) is 0 Å². The van der Waals surface area contributed by atoms with Crippen LogP contribution < -0.4 is 4.90 Å². The minimum absolute atomic E-state index is 0.0603. The van der Waals surface area contributed by atoms with Crippen LogP contribution >= 0.6 is 27.5 Å². The summed E-state index contributed by atoms with van der Waals surface area (Å²) in [6.45, 7) is 11.1. The molecule has 184 valence electrons. The maximum absolute atomic E-state index is 13.7. The van der Waals surface area contributed by atoms with Crippen LogP contribution in [0.5, 0.6) is 0 Å². The van der Waals surface area contributed by atoms with E-state index in [1.54, 1.807) is 0 Å². The highest BCUT2D eigenvalue weighted by molar-refractivity contribution is 9.10. The van der Waals surface area contributed by atoms with Crippen molar-refractivity contribution in [2.75, 3.05) is 51.2 Å². The van der Waals surface area contributed by atoms with Gasteiger partial charge >= 0.3 is 0 Å². The first kappa shape index (κ1) is 23.5. The van der Waals surface area contributed by atoms with Crippen molar-refractivity contribution in [2.24, 2.45) is 0 Å². The molecule has 0 amide bonds. The summed E-state index contributed by atoms with van der Waals surface area (Å²) in [5, 5.41) is 1.65. The number of carbonyl (C=O) groups is 1. The number of aromatic amines is 1. The number of hydrogen-bond donors (Lipinski definition) is 1. The number of hydrogen-bond acceptors (Lipinski definition) is 4. The Morgan fingerprint density at radius 3 is 2.46 bits per heavy atom. The van der Waals surface area contributed by atoms with Gasteiger partial charge in [-0.15, -0.1) is 0 Å². The van der Waals surface area contributed by atoms with Crippen molar-refractivity contribution in [3.63, 3.8) is 0 Å². The molecule has 3 aliphatic rings. The lowest BCUT2D eigenvalue weighted by atomic mass is 9.71. The lowest BCUT2D eigenvalue weighted by Crippen LogP contribution is -2.52. The first-order chi connectivity index (χ1) is 16.7. The Hall–Kier alpha value is -1.86. The van der Waals surface area contributed by atoms with E-state index in [2.05, 4.69) is 62.6 Å². The Bertz CT molecular complexity index is 1320. The minimum atomic E-state index is -0.332. The Morgan fingerprint density at radius 2 is 1.74 bits per heavy atom. The molecule has 1 aromatic heterocycles. The van der Waals surface area contributed by atoms with Crippen molar-refractivity contribution in [2.45, 2.75) is 38.1 Å². The average Bonchev–Trinajstić information content (AvgIpc) is 3.23. The van der Waals surface area contributed by atoms with Crippen molar-refractivity contribution in [3.05, 3.63) is 62.2 Å². The van der Waals surface area contributed by atoms with Crippen molar-refractivity contribution in [1.82, 2.24) is 14.8 Å². The molecule has 0 bridgehead atoms. The number of halogens is 2. The monoisotopic (exact) mass is 554 g/mol. The van der Waals surface area contributed by atoms with E-state index in [0.29, 0.717) is 11.1 Å². The number of carbonyl (C=O) groups excluding carboxylic acids is 1. The predicted molar refractivity (Wildman–Crippen MR) is 147 cm³/mol. The van der Waals surface area contributed by atoms with E-state index in [0.717, 1.165) is 82.5 Å². The standard InChI is InChI=1S/C28H32BrClN4O/c1-28(2)21-16-24(34-8-6-18(7-9-34)33-12-10-32(3)11-13-33)22(30)15-20(21)26(35)25-19-5-4-17(29)14-23(19)31-27(25)28/h4-5,14-16,18,31H,6-13H2,1-3H3. The van der Waals surface area contributed by atoms with Gasteiger partial charge in [0.2, 0.25) is 0 Å². The number of aromatic nitrogens is 1. The van der Waals surface area contributed by atoms with Gasteiger partial charge in [0.25, 0.3) is 0 Å². The molecule has 2 saturated heterocycles. The van der Waals surface area contributed by atoms with Gasteiger partial charge in [-0.3, -0.25) is 9.69 Å². The summed E-state index contributed by atoms with van der Waals surface area (Å²) in [5.74, 6) is 0.0603. The molecule has 0 saturated carbocycles. The maximum Gasteiger partial charge on any atom is 0.195 e. The van der Waals surface area contributed by atoms with Crippen molar-refractivity contribution < 1.29 is 4.79 Å². The van der Waals surface area contributed by atoms with E-state index in [9.17, 15) is 4.79 Å². The van der Waals surface area contributed by atoms with Crippen LogP contribution in [0.15, 0.2) is 34.8 Å². The lowest BCUT2D eigenvalue weighted by molar-refractivity contribution is 0.0982. The molecule has 6 rings (SSSR count). The second-order valence-corrected chi connectivity index (χ2v) is 12.2. The topological polar surface area (TPSA) is 42.6 Å². The second kappa shape index (κ2) is 8.62. The van der Waals surface area contributed by atoms with E-state index < -0.39 is 0 Å². The first-order valence-corrected chi connectivity index (χ1v) is 13.8. The van der Waals surface area contributed by atoms with Crippen molar-refractivity contribution >= 4 is 49.9 Å². The summed E-state index contributed by atoms with van der Waals surface area (Å²) in [6.07, 6.45) is 2.31. The predicted octanol–water partition coefficient (Wildman–Crippen LogP) is 5.67. The Morgan fingerprint density at radius 1 is 1.03 bits per heavy atom. The molecule has 0 radical (unpaired) electrons. The van der Waals surface area contributed by atoms with Gasteiger partial charge in [0.15, 0.2) is 5.78 Å². The van der Waals surface area contributed by atoms with Gasteiger partial charge in [-0.1, -0.05) is 47.4 Å². The molecule has 2 aliphatic heterocycles. The fourth-order valence-corrected chi connectivity index (χ4v) is 6.96. The van der Waals surface area contributed by atoms with E-state index in [4.69, 9.17) is 11.6 Å². The van der Waals surface area contributed by atoms with Crippen LogP contribution in [0.1, 0.15) is 53.9 Å². The maximum atomic E-state index is 13.7. The number of H-pyrrole nitrogens is 1. The number of nitrogens with one attached hydrogen (secondary N) is 1. The zero-order valence-corrected chi connectivity index (χ0v) is 23.0. The molecule has 7 heteroatoms. The molecule has 0 spiro atoms. The highest BCUT2D eigenvalue weighted by Crippen LogP contribution is 2.46. The summed E-state index contributed by atoms with van der Waals surface area (Å²) >= 11 is 10.4. The van der Waals surface area contributed by atoms with Gasteiger partial charge in [-0.2, -0.15) is 0 Å². The Kier molecular flexibility index (Phi) is 5.79. The summed E-state index contributed by atoms with van der Waals surface area (Å²) in [6, 6.07) is 10.8. The molecule has 3 heterocycles. The van der Waals surface area contributed by atoms with Gasteiger partial charge in [0.05, 0.1) is 16.3 Å². The number of nitrogens with zero attached hydrogens (tertiary/aromatic N) is 3. The van der Waals surface area contributed by atoms with Crippen LogP contribution in [0.4, 0.5) is 5.69 Å². The van der Waals surface area contributed by atoms with Crippen molar-refractivity contribution in [3.8, 4) is 0 Å². The molecule has 35 heavy (non-hydrogen) atoms. The molecule has 0 unspecified atom stereocenters. The number of fused-ring (bicyclic) bond motifs is 4. The van der Waals surface area contributed by atoms with E-state index in [-0.39, 0.29) is 11.2 Å². The summed E-state index contributed by atoms with van der Waals surface area (Å²) in [5.41, 5.74) is 5.27. The van der Waals surface area contributed by atoms with E-state index in [1.165, 1.54) is 13.1 Å². The van der Waals surface area contributed by atoms with Crippen LogP contribution in [0.25, 0.3) is 10.9 Å². The van der Waals surface area contributed by atoms with Gasteiger partial charge < -0.3 is 14.8 Å². The van der Waals surface area contributed by atoms with Crippen LogP contribution in [0.3, 0.4) is 0 Å². The molecule has 5 nitrogen and oxygen atoms in total. The number of rotatable bonds is 2. The number of piperazine rings is 1. The third kappa shape index (κ3) is 3.85. The molecule has 3 aromatic rings.